The van der Waals surface area contributed by atoms with Crippen molar-refractivity contribution < 1.29 is 47.3 Å². The first-order chi connectivity index (χ1) is 10.1. The van der Waals surface area contributed by atoms with Crippen LogP contribution in [-0.2, 0) is 10.1 Å². The molecule has 1 aliphatic rings. The summed E-state index contributed by atoms with van der Waals surface area (Å²) in [7, 11) is -6.09. The molecule has 0 fully saturated rings. The Kier molecular flexibility index (Phi) is 4.83. The van der Waals surface area contributed by atoms with E-state index in [0.29, 0.717) is 0 Å². The highest BCUT2D eigenvalue weighted by Crippen LogP contribution is 2.22. The predicted molar refractivity (Wildman–Crippen MR) is 69.8 cm³/mol. The lowest BCUT2D eigenvalue weighted by Crippen LogP contribution is -3.61. The van der Waals surface area contributed by atoms with Crippen molar-refractivity contribution in [1.29, 1.82) is 0 Å². The van der Waals surface area contributed by atoms with Crippen LogP contribution in [0.2, 0.25) is 0 Å². The zero-order valence-electron chi connectivity index (χ0n) is 11.2. The third-order valence-corrected chi connectivity index (χ3v) is 6.34. The Morgan fingerprint density at radius 1 is 1.00 bits per heavy atom. The van der Waals surface area contributed by atoms with Crippen LogP contribution in [0.4, 0.5) is 13.2 Å². The average Bonchev–Trinajstić information content (AvgIpc) is 2.74. The van der Waals surface area contributed by atoms with Gasteiger partial charge < -0.3 is 4.55 Å². The summed E-state index contributed by atoms with van der Waals surface area (Å²) < 4.78 is 62.1. The van der Waals surface area contributed by atoms with Gasteiger partial charge in [-0.2, -0.15) is 13.2 Å². The number of fused-ring (bicyclic) bond motifs is 3. The van der Waals surface area contributed by atoms with Crippen LogP contribution in [-0.4, -0.2) is 18.5 Å². The van der Waals surface area contributed by atoms with Gasteiger partial charge in [-0.1, -0.05) is 18.2 Å². The summed E-state index contributed by atoms with van der Waals surface area (Å²) in [5.41, 5.74) is -1.32. The van der Waals surface area contributed by atoms with E-state index >= 15 is 0 Å². The van der Waals surface area contributed by atoms with E-state index in [1.807, 2.05) is 0 Å². The lowest BCUT2D eigenvalue weighted by Gasteiger charge is -2.08. The maximum atomic E-state index is 10.7. The third kappa shape index (κ3) is 3.79. The molecule has 0 bridgehead atoms. The van der Waals surface area contributed by atoms with Gasteiger partial charge in [0.2, 0.25) is 7.14 Å². The fraction of sp³-hybridized carbons (Fsp3) is 0.143. The second-order valence-electron chi connectivity index (χ2n) is 4.46. The molecule has 22 heavy (non-hydrogen) atoms. The van der Waals surface area contributed by atoms with Crippen LogP contribution in [0.5, 0.6) is 0 Å². The first-order valence-corrected chi connectivity index (χ1v) is 9.53. The lowest BCUT2D eigenvalue weighted by atomic mass is 10.0. The number of hydrogen-bond acceptors (Lipinski definition) is 3. The van der Waals surface area contributed by atoms with Gasteiger partial charge in [0.25, 0.3) is 0 Å². The molecule has 118 valence electrons. The molecule has 0 radical (unpaired) electrons. The smallest absolute Gasteiger partial charge is 0.485 e. The summed E-state index contributed by atoms with van der Waals surface area (Å²) in [5, 5.41) is 0. The number of rotatable bonds is 0. The summed E-state index contributed by atoms with van der Waals surface area (Å²) in [5.74, 6) is 0. The average molecular weight is 442 g/mol. The monoisotopic (exact) mass is 442 g/mol. The molecule has 1 heterocycles. The van der Waals surface area contributed by atoms with Gasteiger partial charge in [0.1, 0.15) is 0 Å². The van der Waals surface area contributed by atoms with Crippen LogP contribution in [0.1, 0.15) is 5.56 Å². The molecular formula is C14H10F3IO3S. The highest BCUT2D eigenvalue weighted by atomic mass is 127. The molecule has 0 spiro atoms. The van der Waals surface area contributed by atoms with Gasteiger partial charge in [0.15, 0.2) is 10.1 Å². The van der Waals surface area contributed by atoms with Crippen molar-refractivity contribution in [3.05, 3.63) is 55.2 Å². The highest BCUT2D eigenvalue weighted by molar-refractivity contribution is 7.86. The van der Waals surface area contributed by atoms with Gasteiger partial charge in [-0.15, -0.1) is 0 Å². The maximum absolute atomic E-state index is 10.7. The number of hydrogen-bond donors (Lipinski definition) is 0. The Hall–Kier alpha value is -1.13. The molecule has 0 aliphatic carbocycles. The van der Waals surface area contributed by atoms with Crippen LogP contribution in [0.3, 0.4) is 0 Å². The van der Waals surface area contributed by atoms with Gasteiger partial charge in [-0.25, -0.2) is 8.42 Å². The van der Waals surface area contributed by atoms with Gasteiger partial charge in [-0.3, -0.25) is 0 Å². The van der Waals surface area contributed by atoms with E-state index in [-0.39, 0.29) is 21.2 Å². The van der Waals surface area contributed by atoms with Crippen LogP contribution in [0.15, 0.2) is 42.5 Å². The van der Waals surface area contributed by atoms with Gasteiger partial charge in [0.05, 0.1) is 0 Å². The summed E-state index contributed by atoms with van der Waals surface area (Å²) in [6.07, 6.45) is 0. The second kappa shape index (κ2) is 6.17. The standard InChI is InChI=1S/C13H10I.CHF3O3S/c1-9-6-7-11-10-4-2-3-5-12(10)14-13(11)8-9;2-1(3,4)8(5,6)7/h2-8H,1H3;(H,5,6,7)/q+1;/p-1. The second-order valence-corrected chi connectivity index (χ2v) is 8.69. The maximum Gasteiger partial charge on any atom is 0.485 e. The molecule has 2 aromatic rings. The van der Waals surface area contributed by atoms with E-state index in [9.17, 15) is 13.2 Å². The van der Waals surface area contributed by atoms with E-state index in [2.05, 4.69) is 49.4 Å². The molecule has 0 N–H and O–H groups in total. The van der Waals surface area contributed by atoms with Crippen LogP contribution >= 0.6 is 0 Å². The Labute approximate surface area is 136 Å². The number of aryl methyl sites for hydroxylation is 1. The van der Waals surface area contributed by atoms with E-state index in [1.165, 1.54) is 16.7 Å². The fourth-order valence-corrected chi connectivity index (χ4v) is 4.97. The summed E-state index contributed by atoms with van der Waals surface area (Å²) in [6, 6.07) is 15.6. The number of alkyl halides is 3. The zero-order valence-corrected chi connectivity index (χ0v) is 14.2. The highest BCUT2D eigenvalue weighted by Gasteiger charge is 2.37. The minimum atomic E-state index is -6.09. The van der Waals surface area contributed by atoms with Gasteiger partial charge in [-0.05, 0) is 36.8 Å². The molecule has 0 saturated heterocycles. The van der Waals surface area contributed by atoms with Crippen LogP contribution in [0, 0.1) is 14.1 Å². The van der Waals surface area contributed by atoms with Gasteiger partial charge >= 0.3 is 26.7 Å². The molecule has 0 saturated carbocycles. The van der Waals surface area contributed by atoms with Crippen molar-refractivity contribution in [3.8, 4) is 11.1 Å². The van der Waals surface area contributed by atoms with Crippen LogP contribution in [0.25, 0.3) is 11.1 Å². The summed E-state index contributed by atoms with van der Waals surface area (Å²) in [6.45, 7) is 2.17. The predicted octanol–water partition coefficient (Wildman–Crippen LogP) is 0.155. The molecular weight excluding hydrogens is 432 g/mol. The van der Waals surface area contributed by atoms with Crippen molar-refractivity contribution in [2.75, 3.05) is 0 Å². The molecule has 0 amide bonds. The Morgan fingerprint density at radius 3 is 2.14 bits per heavy atom. The Morgan fingerprint density at radius 2 is 1.55 bits per heavy atom. The zero-order chi connectivity index (χ0) is 16.5. The largest absolute Gasteiger partial charge is 0.741 e. The van der Waals surface area contributed by atoms with Crippen molar-refractivity contribution >= 4 is 10.1 Å². The van der Waals surface area contributed by atoms with E-state index in [4.69, 9.17) is 13.0 Å². The molecule has 0 aromatic heterocycles. The van der Waals surface area contributed by atoms with Gasteiger partial charge in [0, 0.05) is 11.1 Å². The molecule has 3 rings (SSSR count). The first kappa shape index (κ1) is 17.2. The van der Waals surface area contributed by atoms with E-state index in [1.54, 1.807) is 7.14 Å². The van der Waals surface area contributed by atoms with Crippen molar-refractivity contribution in [2.45, 2.75) is 12.4 Å². The molecule has 1 aliphatic heterocycles. The topological polar surface area (TPSA) is 57.2 Å². The molecule has 8 heteroatoms. The lowest BCUT2D eigenvalue weighted by molar-refractivity contribution is -0.589. The van der Waals surface area contributed by atoms with Crippen LogP contribution < -0.4 is 21.2 Å². The first-order valence-electron chi connectivity index (χ1n) is 5.96. The van der Waals surface area contributed by atoms with E-state index in [0.717, 1.165) is 0 Å². The van der Waals surface area contributed by atoms with Crippen molar-refractivity contribution in [1.82, 2.24) is 0 Å². The van der Waals surface area contributed by atoms with E-state index < -0.39 is 15.6 Å². The fourth-order valence-electron chi connectivity index (χ4n) is 1.79. The molecule has 0 unspecified atom stereocenters. The third-order valence-electron chi connectivity index (χ3n) is 2.78. The SMILES string of the molecule is Cc1ccc2c(c1)[I+]c1ccccc1-2.O=S(=O)([O-])C(F)(F)F. The van der Waals surface area contributed by atoms with Crippen molar-refractivity contribution in [3.63, 3.8) is 0 Å². The quantitative estimate of drug-likeness (QED) is 0.283. The Balaban J connectivity index is 0.000000192. The Bertz CT molecular complexity index is 801. The minimum Gasteiger partial charge on any atom is -0.741 e. The number of benzene rings is 2. The normalized spacial score (nSPS) is 13.0. The summed E-state index contributed by atoms with van der Waals surface area (Å²) >= 11 is 0.0860. The molecule has 3 nitrogen and oxygen atoms in total. The molecule has 2 aromatic carbocycles. The number of halogens is 4. The van der Waals surface area contributed by atoms with Crippen molar-refractivity contribution in [2.24, 2.45) is 0 Å². The molecule has 0 atom stereocenters. The minimum absolute atomic E-state index is 0.0860. The summed E-state index contributed by atoms with van der Waals surface area (Å²) in [4.78, 5) is 0.